The first-order valence-electron chi connectivity index (χ1n) is 9.25. The fourth-order valence-electron chi connectivity index (χ4n) is 2.71. The number of nitrogens with zero attached hydrogens (tertiary/aromatic N) is 1. The van der Waals surface area contributed by atoms with Gasteiger partial charge in [-0.15, -0.1) is 0 Å². The van der Waals surface area contributed by atoms with Gasteiger partial charge in [0, 0.05) is 19.7 Å². The van der Waals surface area contributed by atoms with Crippen LogP contribution in [0.15, 0.2) is 59.5 Å². The molecule has 3 rings (SSSR count). The van der Waals surface area contributed by atoms with Crippen LogP contribution in [0, 0.1) is 0 Å². The molecule has 0 radical (unpaired) electrons. The van der Waals surface area contributed by atoms with Crippen molar-refractivity contribution in [2.75, 3.05) is 20.2 Å². The normalized spacial score (nSPS) is 16.6. The van der Waals surface area contributed by atoms with Gasteiger partial charge in [0.25, 0.3) is 0 Å². The summed E-state index contributed by atoms with van der Waals surface area (Å²) in [7, 11) is -2.91. The smallest absolute Gasteiger partial charge is 0.416 e. The van der Waals surface area contributed by atoms with E-state index in [2.05, 4.69) is 0 Å². The molecule has 2 aromatic carbocycles. The highest BCUT2D eigenvalue weighted by molar-refractivity contribution is 7.89. The lowest BCUT2D eigenvalue weighted by Crippen LogP contribution is -2.30. The molecule has 0 bridgehead atoms. The molecule has 2 aromatic rings. The van der Waals surface area contributed by atoms with E-state index in [1.54, 1.807) is 30.3 Å². The molecule has 1 saturated heterocycles. The first-order valence-corrected chi connectivity index (χ1v) is 10.7. The molecule has 1 heterocycles. The number of likely N-dealkylation sites (N-methyl/N-ethyl adjacent to an activating group) is 1. The van der Waals surface area contributed by atoms with Gasteiger partial charge in [-0.2, -0.15) is 17.5 Å². The Morgan fingerprint density at radius 1 is 1.23 bits per heavy atom. The SMILES string of the molecule is CN(C[C@H]1CO1)S(=O)(=O)c1cc(/C=C/C(=O)OCc2ccccc2)cc(C(F)(F)F)c1. The van der Waals surface area contributed by atoms with Gasteiger partial charge in [-0.1, -0.05) is 30.3 Å². The molecule has 6 nitrogen and oxygen atoms in total. The third-order valence-electron chi connectivity index (χ3n) is 4.46. The van der Waals surface area contributed by atoms with Crippen molar-refractivity contribution in [2.24, 2.45) is 0 Å². The molecule has 166 valence electrons. The lowest BCUT2D eigenvalue weighted by molar-refractivity contribution is -0.139. The van der Waals surface area contributed by atoms with Crippen LogP contribution >= 0.6 is 0 Å². The van der Waals surface area contributed by atoms with Gasteiger partial charge in [-0.25, -0.2) is 13.2 Å². The van der Waals surface area contributed by atoms with Crippen LogP contribution in [-0.4, -0.2) is 45.0 Å². The molecule has 0 amide bonds. The molecule has 0 N–H and O–H groups in total. The Bertz CT molecular complexity index is 1060. The van der Waals surface area contributed by atoms with Gasteiger partial charge in [-0.05, 0) is 35.4 Å². The van der Waals surface area contributed by atoms with Crippen LogP contribution in [0.1, 0.15) is 16.7 Å². The van der Waals surface area contributed by atoms with Crippen molar-refractivity contribution in [1.82, 2.24) is 4.31 Å². The molecule has 31 heavy (non-hydrogen) atoms. The monoisotopic (exact) mass is 455 g/mol. The molecule has 0 aliphatic carbocycles. The highest BCUT2D eigenvalue weighted by atomic mass is 32.2. The van der Waals surface area contributed by atoms with Crippen LogP contribution in [0.5, 0.6) is 0 Å². The average molecular weight is 455 g/mol. The molecule has 1 atom stereocenters. The van der Waals surface area contributed by atoms with E-state index in [1.807, 2.05) is 0 Å². The number of epoxide rings is 1. The van der Waals surface area contributed by atoms with Crippen molar-refractivity contribution in [2.45, 2.75) is 23.8 Å². The van der Waals surface area contributed by atoms with Gasteiger partial charge in [0.1, 0.15) is 6.61 Å². The Labute approximate surface area is 177 Å². The molecular formula is C21H20F3NO5S. The number of ether oxygens (including phenoxy) is 2. The van der Waals surface area contributed by atoms with E-state index in [0.29, 0.717) is 12.7 Å². The van der Waals surface area contributed by atoms with Crippen LogP contribution in [0.25, 0.3) is 6.08 Å². The summed E-state index contributed by atoms with van der Waals surface area (Å²) in [4.78, 5) is 11.4. The Hall–Kier alpha value is -2.69. The molecule has 10 heteroatoms. The number of sulfonamides is 1. The summed E-state index contributed by atoms with van der Waals surface area (Å²) in [6.45, 7) is 0.442. The van der Waals surface area contributed by atoms with Gasteiger partial charge in [0.2, 0.25) is 10.0 Å². The average Bonchev–Trinajstić information content (AvgIpc) is 3.54. The highest BCUT2D eigenvalue weighted by Gasteiger charge is 2.34. The second kappa shape index (κ2) is 9.21. The standard InChI is InChI=1S/C21H20F3NO5S/c1-25(12-18-14-29-18)31(27,28)19-10-16(9-17(11-19)21(22,23)24)7-8-20(26)30-13-15-5-3-2-4-6-15/h2-11,18H,12-14H2,1H3/b8-7+/t18-/m0/s1. The Morgan fingerprint density at radius 2 is 1.90 bits per heavy atom. The fraction of sp³-hybridized carbons (Fsp3) is 0.286. The van der Waals surface area contributed by atoms with Crippen LogP contribution in [0.4, 0.5) is 13.2 Å². The number of esters is 1. The lowest BCUT2D eigenvalue weighted by atomic mass is 10.1. The molecule has 0 unspecified atom stereocenters. The van der Waals surface area contributed by atoms with Crippen LogP contribution < -0.4 is 0 Å². The molecule has 1 fully saturated rings. The number of benzene rings is 2. The third kappa shape index (κ3) is 6.39. The van der Waals surface area contributed by atoms with E-state index < -0.39 is 32.6 Å². The second-order valence-electron chi connectivity index (χ2n) is 6.96. The number of halogens is 3. The number of rotatable bonds is 8. The first-order chi connectivity index (χ1) is 14.6. The summed E-state index contributed by atoms with van der Waals surface area (Å²) in [6, 6.07) is 11.3. The zero-order valence-electron chi connectivity index (χ0n) is 16.5. The van der Waals surface area contributed by atoms with Gasteiger partial charge in [-0.3, -0.25) is 0 Å². The van der Waals surface area contributed by atoms with Gasteiger partial charge in [0.15, 0.2) is 0 Å². The number of hydrogen-bond donors (Lipinski definition) is 0. The largest absolute Gasteiger partial charge is 0.458 e. The van der Waals surface area contributed by atoms with E-state index in [0.717, 1.165) is 34.2 Å². The van der Waals surface area contributed by atoms with E-state index in [1.165, 1.54) is 7.05 Å². The Kier molecular flexibility index (Phi) is 6.83. The predicted molar refractivity (Wildman–Crippen MR) is 106 cm³/mol. The molecular weight excluding hydrogens is 435 g/mol. The van der Waals surface area contributed by atoms with Crippen molar-refractivity contribution in [3.05, 3.63) is 71.3 Å². The molecule has 0 spiro atoms. The van der Waals surface area contributed by atoms with E-state index in [-0.39, 0.29) is 24.8 Å². The minimum Gasteiger partial charge on any atom is -0.458 e. The summed E-state index contributed by atoms with van der Waals surface area (Å²) in [5.41, 5.74) is -0.484. The van der Waals surface area contributed by atoms with Crippen molar-refractivity contribution in [3.63, 3.8) is 0 Å². The van der Waals surface area contributed by atoms with Crippen molar-refractivity contribution in [3.8, 4) is 0 Å². The van der Waals surface area contributed by atoms with Crippen molar-refractivity contribution in [1.29, 1.82) is 0 Å². The fourth-order valence-corrected chi connectivity index (χ4v) is 3.99. The van der Waals surface area contributed by atoms with Gasteiger partial charge in [0.05, 0.1) is 23.2 Å². The summed E-state index contributed by atoms with van der Waals surface area (Å²) >= 11 is 0. The predicted octanol–water partition coefficient (Wildman–Crippen LogP) is 3.48. The van der Waals surface area contributed by atoms with Crippen LogP contribution in [0.3, 0.4) is 0 Å². The summed E-state index contributed by atoms with van der Waals surface area (Å²) < 4.78 is 76.4. The number of alkyl halides is 3. The van der Waals surface area contributed by atoms with Crippen molar-refractivity contribution >= 4 is 22.1 Å². The van der Waals surface area contributed by atoms with Crippen LogP contribution in [-0.2, 0) is 37.1 Å². The molecule has 0 saturated carbocycles. The van der Waals surface area contributed by atoms with Crippen molar-refractivity contribution < 1.29 is 35.9 Å². The molecule has 1 aliphatic heterocycles. The molecule has 1 aliphatic rings. The van der Waals surface area contributed by atoms with E-state index in [9.17, 15) is 26.4 Å². The van der Waals surface area contributed by atoms with Crippen LogP contribution in [0.2, 0.25) is 0 Å². The van der Waals surface area contributed by atoms with Gasteiger partial charge < -0.3 is 9.47 Å². The quantitative estimate of drug-likeness (QED) is 0.346. The molecule has 0 aromatic heterocycles. The topological polar surface area (TPSA) is 76.2 Å². The summed E-state index contributed by atoms with van der Waals surface area (Å²) in [6.07, 6.45) is -2.98. The van der Waals surface area contributed by atoms with E-state index in [4.69, 9.17) is 9.47 Å². The summed E-state index contributed by atoms with van der Waals surface area (Å²) in [5, 5.41) is 0. The number of carbonyl (C=O) groups is 1. The zero-order valence-corrected chi connectivity index (χ0v) is 17.3. The number of carbonyl (C=O) groups excluding carboxylic acids is 1. The minimum absolute atomic E-state index is 0.000264. The highest BCUT2D eigenvalue weighted by Crippen LogP contribution is 2.33. The van der Waals surface area contributed by atoms with Gasteiger partial charge >= 0.3 is 12.1 Å². The zero-order chi connectivity index (χ0) is 22.6. The Balaban J connectivity index is 1.81. The maximum Gasteiger partial charge on any atom is 0.416 e. The minimum atomic E-state index is -4.76. The van der Waals surface area contributed by atoms with E-state index >= 15 is 0 Å². The second-order valence-corrected chi connectivity index (χ2v) is 9.00. The Morgan fingerprint density at radius 3 is 2.52 bits per heavy atom. The maximum atomic E-state index is 13.3. The first kappa shape index (κ1) is 23.0. The maximum absolute atomic E-state index is 13.3. The lowest BCUT2D eigenvalue weighted by Gasteiger charge is -2.18. The number of hydrogen-bond acceptors (Lipinski definition) is 5. The summed E-state index contributed by atoms with van der Waals surface area (Å²) in [5.74, 6) is -0.770. The third-order valence-corrected chi connectivity index (χ3v) is 6.26.